The number of carbonyl (C=O) groups excluding carboxylic acids is 1. The lowest BCUT2D eigenvalue weighted by Crippen LogP contribution is -2.20. The number of esters is 1. The van der Waals surface area contributed by atoms with Gasteiger partial charge in [0.1, 0.15) is 17.3 Å². The minimum Gasteiger partial charge on any atom is -0.504 e. The first-order chi connectivity index (χ1) is 20.5. The number of phenolic OH excluding ortho intramolecular Hbond substituents is 1. The molecule has 0 aliphatic rings. The molecule has 0 saturated heterocycles. The molecule has 0 fully saturated rings. The number of amidine groups is 1. The third-order valence-corrected chi connectivity index (χ3v) is 5.73. The number of aromatic nitrogens is 1. The normalized spacial score (nSPS) is 10.5. The molecule has 4 rings (SSSR count). The first-order valence-corrected chi connectivity index (χ1v) is 12.6. The van der Waals surface area contributed by atoms with E-state index >= 15 is 8.78 Å². The zero-order valence-corrected chi connectivity index (χ0v) is 23.0. The highest BCUT2D eigenvalue weighted by molar-refractivity contribution is 6.32. The summed E-state index contributed by atoms with van der Waals surface area (Å²) in [4.78, 5) is 15.8. The smallest absolute Gasteiger partial charge is 0.338 e. The third kappa shape index (κ3) is 7.18. The summed E-state index contributed by atoms with van der Waals surface area (Å²) in [5.74, 6) is -8.09. The summed E-state index contributed by atoms with van der Waals surface area (Å²) in [6.45, 7) is 1.74. The van der Waals surface area contributed by atoms with E-state index in [4.69, 9.17) is 52.8 Å². The van der Waals surface area contributed by atoms with Crippen LogP contribution in [0.5, 0.6) is 40.5 Å². The van der Waals surface area contributed by atoms with Gasteiger partial charge in [0.15, 0.2) is 17.5 Å². The minimum atomic E-state index is -1.45. The fourth-order valence-corrected chi connectivity index (χ4v) is 3.73. The second-order valence-corrected chi connectivity index (χ2v) is 8.92. The molecule has 1 aromatic heterocycles. The zero-order chi connectivity index (χ0) is 31.3. The van der Waals surface area contributed by atoms with Crippen molar-refractivity contribution in [2.75, 3.05) is 11.9 Å². The Morgan fingerprint density at radius 1 is 0.953 bits per heavy atom. The van der Waals surface area contributed by atoms with Gasteiger partial charge in [0.2, 0.25) is 17.4 Å². The van der Waals surface area contributed by atoms with Crippen molar-refractivity contribution in [1.82, 2.24) is 4.98 Å². The van der Waals surface area contributed by atoms with E-state index in [1.54, 1.807) is 13.0 Å². The number of carbonyl (C=O) groups is 1. The van der Waals surface area contributed by atoms with E-state index in [0.717, 1.165) is 12.1 Å². The van der Waals surface area contributed by atoms with Crippen molar-refractivity contribution in [2.24, 2.45) is 11.5 Å². The van der Waals surface area contributed by atoms with Crippen LogP contribution in [0.1, 0.15) is 22.8 Å². The summed E-state index contributed by atoms with van der Waals surface area (Å²) in [6.07, 6.45) is 0. The number of halogens is 3. The predicted octanol–water partition coefficient (Wildman–Crippen LogP) is 5.86. The van der Waals surface area contributed by atoms with Crippen LogP contribution in [0, 0.1) is 22.5 Å². The van der Waals surface area contributed by atoms with Crippen LogP contribution in [0.15, 0.2) is 60.7 Å². The maximum atomic E-state index is 15.7. The maximum Gasteiger partial charge on any atom is 0.338 e. The molecule has 3 aromatic carbocycles. The van der Waals surface area contributed by atoms with Crippen LogP contribution in [0.2, 0.25) is 5.02 Å². The molecule has 15 heteroatoms. The molecule has 0 saturated carbocycles. The molecule has 43 heavy (non-hydrogen) atoms. The summed E-state index contributed by atoms with van der Waals surface area (Å²) in [5, 5.41) is 27.6. The van der Waals surface area contributed by atoms with Gasteiger partial charge >= 0.3 is 5.97 Å². The summed E-state index contributed by atoms with van der Waals surface area (Å²) in [6, 6.07) is 13.1. The molecule has 0 aliphatic carbocycles. The Balaban J connectivity index is 1.80. The molecule has 0 unspecified atom stereocenters. The number of aromatic hydroxyl groups is 1. The summed E-state index contributed by atoms with van der Waals surface area (Å²) >= 11 is 6.24. The molecule has 0 radical (unpaired) electrons. The standard InChI is InChI=1S/C28H23ClF2N6O6/c1-2-40-27(39)14-7-9-19(17(29)10-14)42-23-21(30)25(41-16-5-3-4-15(12-16)36-28(34)35)37-26(22(23)31)43-20-11-13(24(32)33)6-8-18(20)38/h3-12,38H,2H2,1H3,(H3,32,33)(H4,34,35,36). The molecular weight excluding hydrogens is 590 g/mol. The van der Waals surface area contributed by atoms with Crippen molar-refractivity contribution in [3.05, 3.63) is 88.4 Å². The zero-order valence-electron chi connectivity index (χ0n) is 22.2. The average Bonchev–Trinajstić information content (AvgIpc) is 2.95. The van der Waals surface area contributed by atoms with E-state index in [1.807, 2.05) is 0 Å². The van der Waals surface area contributed by atoms with Gasteiger partial charge in [-0.1, -0.05) is 17.7 Å². The lowest BCUT2D eigenvalue weighted by Gasteiger charge is -2.16. The van der Waals surface area contributed by atoms with Crippen molar-refractivity contribution >= 4 is 35.1 Å². The lowest BCUT2D eigenvalue weighted by atomic mass is 10.2. The molecule has 0 amide bonds. The monoisotopic (exact) mass is 612 g/mol. The van der Waals surface area contributed by atoms with Crippen LogP contribution in [0.3, 0.4) is 0 Å². The third-order valence-electron chi connectivity index (χ3n) is 5.44. The van der Waals surface area contributed by atoms with Crippen molar-refractivity contribution in [3.63, 3.8) is 0 Å². The van der Waals surface area contributed by atoms with E-state index in [9.17, 15) is 9.90 Å². The van der Waals surface area contributed by atoms with Crippen molar-refractivity contribution in [2.45, 2.75) is 6.92 Å². The number of hydrogen-bond acceptors (Lipinski definition) is 9. The number of rotatable bonds is 10. The van der Waals surface area contributed by atoms with Crippen molar-refractivity contribution in [3.8, 4) is 40.5 Å². The molecule has 0 bridgehead atoms. The summed E-state index contributed by atoms with van der Waals surface area (Å²) in [7, 11) is 0. The second-order valence-electron chi connectivity index (χ2n) is 8.51. The Hall–Kier alpha value is -5.63. The van der Waals surface area contributed by atoms with Crippen LogP contribution >= 0.6 is 11.6 Å². The Morgan fingerprint density at radius 2 is 1.65 bits per heavy atom. The SMILES string of the molecule is CCOC(=O)c1ccc(Oc2c(F)c(Oc3cccc(NC(=N)N)c3)nc(Oc3cc(C(=N)N)ccc3O)c2F)c(Cl)c1. The Labute approximate surface area is 247 Å². The predicted molar refractivity (Wildman–Crippen MR) is 153 cm³/mol. The number of pyridine rings is 1. The molecule has 1 heterocycles. The topological polar surface area (TPSA) is 199 Å². The number of nitrogens with two attached hydrogens (primary N) is 2. The van der Waals surface area contributed by atoms with E-state index in [1.165, 1.54) is 42.5 Å². The number of benzene rings is 3. The first kappa shape index (κ1) is 30.3. The minimum absolute atomic E-state index is 0.000552. The molecule has 8 N–H and O–H groups in total. The number of hydrogen-bond donors (Lipinski definition) is 6. The van der Waals surface area contributed by atoms with E-state index in [-0.39, 0.29) is 51.8 Å². The van der Waals surface area contributed by atoms with Gasteiger partial charge in [-0.05, 0) is 55.5 Å². The summed E-state index contributed by atoms with van der Waals surface area (Å²) < 4.78 is 52.9. The summed E-state index contributed by atoms with van der Waals surface area (Å²) in [5.41, 5.74) is 11.4. The van der Waals surface area contributed by atoms with Gasteiger partial charge in [-0.25, -0.2) is 4.79 Å². The van der Waals surface area contributed by atoms with Gasteiger partial charge < -0.3 is 40.8 Å². The Morgan fingerprint density at radius 3 is 2.30 bits per heavy atom. The van der Waals surface area contributed by atoms with E-state index < -0.39 is 40.9 Å². The van der Waals surface area contributed by atoms with Crippen LogP contribution in [0.25, 0.3) is 0 Å². The largest absolute Gasteiger partial charge is 0.504 e. The highest BCUT2D eigenvalue weighted by Gasteiger charge is 2.27. The van der Waals surface area contributed by atoms with Gasteiger partial charge in [0.25, 0.3) is 11.8 Å². The van der Waals surface area contributed by atoms with E-state index in [0.29, 0.717) is 5.69 Å². The fourth-order valence-electron chi connectivity index (χ4n) is 3.51. The van der Waals surface area contributed by atoms with Crippen molar-refractivity contribution in [1.29, 1.82) is 10.8 Å². The van der Waals surface area contributed by atoms with Crippen LogP contribution in [0.4, 0.5) is 14.5 Å². The number of guanidine groups is 1. The molecule has 12 nitrogen and oxygen atoms in total. The van der Waals surface area contributed by atoms with E-state index in [2.05, 4.69) is 10.3 Å². The van der Waals surface area contributed by atoms with Gasteiger partial charge in [-0.15, -0.1) is 0 Å². The molecular formula is C28H23ClF2N6O6. The lowest BCUT2D eigenvalue weighted by molar-refractivity contribution is 0.0526. The number of nitrogens with zero attached hydrogens (tertiary/aromatic N) is 1. The quantitative estimate of drug-likeness (QED) is 0.0715. The average molecular weight is 613 g/mol. The number of anilines is 1. The van der Waals surface area contributed by atoms with Crippen LogP contribution < -0.4 is 31.0 Å². The molecule has 0 atom stereocenters. The number of ether oxygens (including phenoxy) is 4. The molecule has 222 valence electrons. The molecule has 0 spiro atoms. The molecule has 0 aliphatic heterocycles. The number of nitrogen functional groups attached to an aromatic ring is 1. The fraction of sp³-hybridized carbons (Fsp3) is 0.0714. The molecule has 4 aromatic rings. The highest BCUT2D eigenvalue weighted by atomic mass is 35.5. The first-order valence-electron chi connectivity index (χ1n) is 12.2. The van der Waals surface area contributed by atoms with Crippen molar-refractivity contribution < 1.29 is 37.6 Å². The Bertz CT molecular complexity index is 1740. The van der Waals surface area contributed by atoms with Crippen LogP contribution in [-0.4, -0.2) is 34.5 Å². The van der Waals surface area contributed by atoms with Gasteiger partial charge in [0.05, 0.1) is 17.2 Å². The van der Waals surface area contributed by atoms with Gasteiger partial charge in [0, 0.05) is 17.3 Å². The second kappa shape index (κ2) is 12.9. The highest BCUT2D eigenvalue weighted by Crippen LogP contribution is 2.42. The van der Waals surface area contributed by atoms with Gasteiger partial charge in [-0.3, -0.25) is 10.8 Å². The Kier molecular flexibility index (Phi) is 9.11. The number of nitrogens with one attached hydrogen (secondary N) is 3. The number of phenols is 1. The maximum absolute atomic E-state index is 15.7. The van der Waals surface area contributed by atoms with Crippen LogP contribution in [-0.2, 0) is 4.74 Å². The van der Waals surface area contributed by atoms with Gasteiger partial charge in [-0.2, -0.15) is 13.8 Å².